The topological polar surface area (TPSA) is 57.5 Å². The zero-order chi connectivity index (χ0) is 13.2. The minimum absolute atomic E-state index is 0.0313. The van der Waals surface area contributed by atoms with Crippen LogP contribution in [0.1, 0.15) is 29.2 Å². The molecule has 0 spiro atoms. The van der Waals surface area contributed by atoms with E-state index in [4.69, 9.17) is 5.11 Å². The molecule has 0 radical (unpaired) electrons. The van der Waals surface area contributed by atoms with E-state index in [0.29, 0.717) is 0 Å². The van der Waals surface area contributed by atoms with E-state index in [1.54, 1.807) is 0 Å². The zero-order valence-corrected chi connectivity index (χ0v) is 8.95. The zero-order valence-electron chi connectivity index (χ0n) is 8.95. The second kappa shape index (κ2) is 4.75. The second-order valence-electron chi connectivity index (χ2n) is 3.69. The summed E-state index contributed by atoms with van der Waals surface area (Å²) < 4.78 is 37.7. The number of carbonyl (C=O) groups is 1. The molecule has 94 valence electrons. The molecule has 3 nitrogen and oxygen atoms in total. The fraction of sp³-hybridized carbons (Fsp3) is 0.364. The van der Waals surface area contributed by atoms with Gasteiger partial charge in [-0.25, -0.2) is 0 Å². The van der Waals surface area contributed by atoms with Crippen LogP contribution in [0.3, 0.4) is 0 Å². The molecule has 0 aliphatic rings. The number of halogens is 3. The fourth-order valence-corrected chi connectivity index (χ4v) is 1.44. The molecule has 0 saturated heterocycles. The molecule has 6 heteroatoms. The predicted octanol–water partition coefficient (Wildman–Crippen LogP) is 2.52. The Labute approximate surface area is 95.5 Å². The Morgan fingerprint density at radius 1 is 1.41 bits per heavy atom. The highest BCUT2D eigenvalue weighted by molar-refractivity contribution is 5.67. The molecule has 1 atom stereocenters. The first kappa shape index (κ1) is 13.5. The minimum atomic E-state index is -4.51. The van der Waals surface area contributed by atoms with Gasteiger partial charge in [0.2, 0.25) is 0 Å². The molecule has 1 aromatic rings. The van der Waals surface area contributed by atoms with Crippen molar-refractivity contribution in [1.29, 1.82) is 0 Å². The highest BCUT2D eigenvalue weighted by Crippen LogP contribution is 2.33. The van der Waals surface area contributed by atoms with Crippen molar-refractivity contribution in [2.24, 2.45) is 0 Å². The molecule has 1 rings (SSSR count). The maximum Gasteiger partial charge on any atom is 0.416 e. The van der Waals surface area contributed by atoms with Gasteiger partial charge in [0.05, 0.1) is 18.1 Å². The molecule has 0 bridgehead atoms. The molecule has 0 aliphatic heterocycles. The summed E-state index contributed by atoms with van der Waals surface area (Å²) in [5.41, 5.74) is -0.881. The van der Waals surface area contributed by atoms with Crippen molar-refractivity contribution < 1.29 is 28.2 Å². The van der Waals surface area contributed by atoms with Gasteiger partial charge in [-0.1, -0.05) is 12.1 Å². The first-order valence-electron chi connectivity index (χ1n) is 4.79. The molecule has 0 aromatic heterocycles. The van der Waals surface area contributed by atoms with E-state index < -0.39 is 30.2 Å². The summed E-state index contributed by atoms with van der Waals surface area (Å²) in [6, 6.07) is 3.28. The summed E-state index contributed by atoms with van der Waals surface area (Å²) in [6.45, 7) is 1.30. The van der Waals surface area contributed by atoms with Gasteiger partial charge in [0.1, 0.15) is 0 Å². The van der Waals surface area contributed by atoms with Crippen LogP contribution in [0.15, 0.2) is 18.2 Å². The van der Waals surface area contributed by atoms with Gasteiger partial charge in [-0.15, -0.1) is 0 Å². The number of hydrogen-bond acceptors (Lipinski definition) is 2. The van der Waals surface area contributed by atoms with Gasteiger partial charge in [0.25, 0.3) is 0 Å². The summed E-state index contributed by atoms with van der Waals surface area (Å²) in [5.74, 6) is -1.27. The van der Waals surface area contributed by atoms with Gasteiger partial charge >= 0.3 is 12.1 Å². The van der Waals surface area contributed by atoms with E-state index in [-0.39, 0.29) is 11.1 Å². The number of aliphatic hydroxyl groups excluding tert-OH is 1. The van der Waals surface area contributed by atoms with E-state index in [9.17, 15) is 23.1 Å². The Bertz CT molecular complexity index is 426. The third-order valence-corrected chi connectivity index (χ3v) is 2.32. The van der Waals surface area contributed by atoms with Crippen LogP contribution in [0.2, 0.25) is 0 Å². The molecule has 1 aromatic carbocycles. The number of carboxylic acids is 1. The lowest BCUT2D eigenvalue weighted by molar-refractivity contribution is -0.139. The Kier molecular flexibility index (Phi) is 3.77. The lowest BCUT2D eigenvalue weighted by Crippen LogP contribution is -2.11. The van der Waals surface area contributed by atoms with E-state index in [2.05, 4.69) is 0 Å². The predicted molar refractivity (Wildman–Crippen MR) is 53.4 cm³/mol. The van der Waals surface area contributed by atoms with Crippen LogP contribution in [0.5, 0.6) is 0 Å². The first-order chi connectivity index (χ1) is 7.71. The van der Waals surface area contributed by atoms with Crippen LogP contribution in [0, 0.1) is 6.92 Å². The van der Waals surface area contributed by atoms with E-state index >= 15 is 0 Å². The van der Waals surface area contributed by atoms with Gasteiger partial charge in [0, 0.05) is 0 Å². The largest absolute Gasteiger partial charge is 0.481 e. The van der Waals surface area contributed by atoms with E-state index in [0.717, 1.165) is 6.07 Å². The number of aliphatic hydroxyl groups is 1. The van der Waals surface area contributed by atoms with Gasteiger partial charge in [-0.05, 0) is 24.1 Å². The number of benzene rings is 1. The molecule has 0 amide bonds. The molecule has 1 unspecified atom stereocenters. The monoisotopic (exact) mass is 248 g/mol. The molecule has 0 fully saturated rings. The van der Waals surface area contributed by atoms with Crippen LogP contribution >= 0.6 is 0 Å². The molecule has 17 heavy (non-hydrogen) atoms. The van der Waals surface area contributed by atoms with Crippen molar-refractivity contribution >= 4 is 5.97 Å². The number of hydrogen-bond donors (Lipinski definition) is 2. The highest BCUT2D eigenvalue weighted by atomic mass is 19.4. The molecular formula is C11H11F3O3. The van der Waals surface area contributed by atoms with Crippen LogP contribution in [0.25, 0.3) is 0 Å². The smallest absolute Gasteiger partial charge is 0.416 e. The van der Waals surface area contributed by atoms with Crippen molar-refractivity contribution in [3.63, 3.8) is 0 Å². The second-order valence-corrected chi connectivity index (χ2v) is 3.69. The fourth-order valence-electron chi connectivity index (χ4n) is 1.44. The van der Waals surface area contributed by atoms with Crippen molar-refractivity contribution in [2.45, 2.75) is 25.6 Å². The molecular weight excluding hydrogens is 237 g/mol. The average Bonchev–Trinajstić information content (AvgIpc) is 2.15. The van der Waals surface area contributed by atoms with Crippen LogP contribution in [0.4, 0.5) is 13.2 Å². The van der Waals surface area contributed by atoms with Gasteiger partial charge < -0.3 is 10.2 Å². The highest BCUT2D eigenvalue weighted by Gasteiger charge is 2.33. The summed E-state index contributed by atoms with van der Waals surface area (Å²) in [5, 5.41) is 17.9. The lowest BCUT2D eigenvalue weighted by atomic mass is 10.00. The average molecular weight is 248 g/mol. The maximum atomic E-state index is 12.6. The maximum absolute atomic E-state index is 12.6. The molecule has 0 aliphatic carbocycles. The standard InChI is InChI=1S/C11H11F3O3/c1-6-2-3-7(9(15)5-10(16)17)4-8(6)11(12,13)14/h2-4,9,15H,5H2,1H3,(H,16,17). The summed E-state index contributed by atoms with van der Waals surface area (Å²) >= 11 is 0. The Balaban J connectivity index is 3.08. The van der Waals surface area contributed by atoms with E-state index in [1.807, 2.05) is 0 Å². The van der Waals surface area contributed by atoms with Crippen LogP contribution in [-0.4, -0.2) is 16.2 Å². The van der Waals surface area contributed by atoms with E-state index in [1.165, 1.54) is 19.1 Å². The van der Waals surface area contributed by atoms with Crippen molar-refractivity contribution in [2.75, 3.05) is 0 Å². The summed E-state index contributed by atoms with van der Waals surface area (Å²) in [7, 11) is 0. The quantitative estimate of drug-likeness (QED) is 0.864. The third kappa shape index (κ3) is 3.45. The number of alkyl halides is 3. The first-order valence-corrected chi connectivity index (χ1v) is 4.79. The summed E-state index contributed by atoms with van der Waals surface area (Å²) in [6.07, 6.45) is -6.57. The molecule has 0 saturated carbocycles. The van der Waals surface area contributed by atoms with Gasteiger partial charge in [-0.2, -0.15) is 13.2 Å². The normalized spacial score (nSPS) is 13.5. The van der Waals surface area contributed by atoms with Gasteiger partial charge in [0.15, 0.2) is 0 Å². The number of aryl methyl sites for hydroxylation is 1. The lowest BCUT2D eigenvalue weighted by Gasteiger charge is -2.14. The number of carboxylic acid groups (broad SMARTS) is 1. The molecule has 0 heterocycles. The van der Waals surface area contributed by atoms with Crippen LogP contribution < -0.4 is 0 Å². The number of rotatable bonds is 3. The third-order valence-electron chi connectivity index (χ3n) is 2.32. The Morgan fingerprint density at radius 3 is 2.47 bits per heavy atom. The van der Waals surface area contributed by atoms with Crippen molar-refractivity contribution in [3.8, 4) is 0 Å². The van der Waals surface area contributed by atoms with Crippen molar-refractivity contribution in [1.82, 2.24) is 0 Å². The van der Waals surface area contributed by atoms with Crippen LogP contribution in [-0.2, 0) is 11.0 Å². The van der Waals surface area contributed by atoms with Crippen molar-refractivity contribution in [3.05, 3.63) is 34.9 Å². The Morgan fingerprint density at radius 2 is 2.00 bits per heavy atom. The SMILES string of the molecule is Cc1ccc(C(O)CC(=O)O)cc1C(F)(F)F. The number of aliphatic carboxylic acids is 1. The summed E-state index contributed by atoms with van der Waals surface area (Å²) in [4.78, 5) is 10.3. The molecule has 2 N–H and O–H groups in total. The Hall–Kier alpha value is -1.56. The minimum Gasteiger partial charge on any atom is -0.481 e. The van der Waals surface area contributed by atoms with Gasteiger partial charge in [-0.3, -0.25) is 4.79 Å².